The number of carboxylic acid groups (broad SMARTS) is 1. The van der Waals surface area contributed by atoms with Crippen LogP contribution in [0.15, 0.2) is 6.07 Å². The monoisotopic (exact) mass is 223 g/mol. The molecule has 7 heteroatoms. The van der Waals surface area contributed by atoms with Gasteiger partial charge in [-0.3, -0.25) is 0 Å². The average molecular weight is 223 g/mol. The van der Waals surface area contributed by atoms with E-state index < -0.39 is 40.9 Å². The summed E-state index contributed by atoms with van der Waals surface area (Å²) in [6.07, 6.45) is -2.77. The summed E-state index contributed by atoms with van der Waals surface area (Å²) in [6.45, 7) is 0. The molecular weight excluding hydrogens is 220 g/mol. The van der Waals surface area contributed by atoms with Crippen molar-refractivity contribution in [2.45, 2.75) is 6.10 Å². The SMILES string of the molecule is O=C([O-])[C@@H](O)c1c(F)c(F)cc(F)c1F. The Balaban J connectivity index is 3.45. The van der Waals surface area contributed by atoms with Crippen LogP contribution < -0.4 is 5.11 Å². The van der Waals surface area contributed by atoms with E-state index in [9.17, 15) is 27.5 Å². The lowest BCUT2D eigenvalue weighted by molar-refractivity contribution is -0.315. The van der Waals surface area contributed by atoms with Crippen molar-refractivity contribution in [1.82, 2.24) is 0 Å². The lowest BCUT2D eigenvalue weighted by Crippen LogP contribution is -2.31. The number of aliphatic hydroxyl groups is 1. The minimum atomic E-state index is -2.77. The molecule has 82 valence electrons. The summed E-state index contributed by atoms with van der Waals surface area (Å²) in [5, 5.41) is 18.8. The molecule has 0 bridgehead atoms. The molecule has 0 amide bonds. The maximum Gasteiger partial charge on any atom is 0.168 e. The second kappa shape index (κ2) is 3.85. The van der Waals surface area contributed by atoms with Crippen molar-refractivity contribution in [2.75, 3.05) is 0 Å². The van der Waals surface area contributed by atoms with Crippen LogP contribution in [0.1, 0.15) is 11.7 Å². The Hall–Kier alpha value is -1.63. The molecule has 0 aliphatic rings. The van der Waals surface area contributed by atoms with Crippen molar-refractivity contribution in [3.05, 3.63) is 34.9 Å². The maximum absolute atomic E-state index is 12.8. The Morgan fingerprint density at radius 1 is 1.20 bits per heavy atom. The molecule has 1 aromatic rings. The first-order valence-corrected chi connectivity index (χ1v) is 3.58. The fourth-order valence-corrected chi connectivity index (χ4v) is 0.950. The molecule has 0 heterocycles. The average Bonchev–Trinajstić information content (AvgIpc) is 2.15. The van der Waals surface area contributed by atoms with E-state index in [1.54, 1.807) is 0 Å². The number of benzene rings is 1. The number of rotatable bonds is 2. The summed E-state index contributed by atoms with van der Waals surface area (Å²) in [5.41, 5.74) is -1.62. The Kier molecular flexibility index (Phi) is 2.94. The first-order chi connectivity index (χ1) is 6.86. The Bertz CT molecular complexity index is 393. The zero-order valence-electron chi connectivity index (χ0n) is 6.93. The highest BCUT2D eigenvalue weighted by atomic mass is 19.2. The molecule has 0 unspecified atom stereocenters. The van der Waals surface area contributed by atoms with E-state index in [-0.39, 0.29) is 6.07 Å². The van der Waals surface area contributed by atoms with Crippen LogP contribution in [0.25, 0.3) is 0 Å². The van der Waals surface area contributed by atoms with E-state index in [2.05, 4.69) is 0 Å². The first-order valence-electron chi connectivity index (χ1n) is 3.58. The summed E-state index contributed by atoms with van der Waals surface area (Å²) in [7, 11) is 0. The molecular formula is C8H3F4O3-. The van der Waals surface area contributed by atoms with Crippen molar-refractivity contribution in [1.29, 1.82) is 0 Å². The summed E-state index contributed by atoms with van der Waals surface area (Å²) >= 11 is 0. The molecule has 1 N–H and O–H groups in total. The van der Waals surface area contributed by atoms with Crippen molar-refractivity contribution in [3.63, 3.8) is 0 Å². The van der Waals surface area contributed by atoms with E-state index >= 15 is 0 Å². The maximum atomic E-state index is 12.8. The van der Waals surface area contributed by atoms with Gasteiger partial charge in [0.15, 0.2) is 23.3 Å². The van der Waals surface area contributed by atoms with Gasteiger partial charge in [-0.25, -0.2) is 17.6 Å². The van der Waals surface area contributed by atoms with Crippen LogP contribution in [-0.2, 0) is 4.79 Å². The number of carboxylic acids is 1. The van der Waals surface area contributed by atoms with Crippen LogP contribution in [-0.4, -0.2) is 11.1 Å². The van der Waals surface area contributed by atoms with Gasteiger partial charge in [0, 0.05) is 6.07 Å². The van der Waals surface area contributed by atoms with Crippen molar-refractivity contribution < 1.29 is 32.6 Å². The fraction of sp³-hybridized carbons (Fsp3) is 0.125. The van der Waals surface area contributed by atoms with Gasteiger partial charge in [0.25, 0.3) is 0 Å². The molecule has 0 saturated heterocycles. The summed E-state index contributed by atoms with van der Waals surface area (Å²) < 4.78 is 50.7. The quantitative estimate of drug-likeness (QED) is 0.568. The highest BCUT2D eigenvalue weighted by molar-refractivity contribution is 5.72. The summed E-state index contributed by atoms with van der Waals surface area (Å²) in [5.74, 6) is -9.80. The molecule has 0 fully saturated rings. The molecule has 1 atom stereocenters. The van der Waals surface area contributed by atoms with Gasteiger partial charge in [0.1, 0.15) is 6.10 Å². The first kappa shape index (κ1) is 11.4. The van der Waals surface area contributed by atoms with E-state index in [1.165, 1.54) is 0 Å². The Morgan fingerprint density at radius 3 is 1.93 bits per heavy atom. The zero-order chi connectivity index (χ0) is 11.7. The van der Waals surface area contributed by atoms with Gasteiger partial charge < -0.3 is 15.0 Å². The lowest BCUT2D eigenvalue weighted by Gasteiger charge is -2.14. The molecule has 3 nitrogen and oxygen atoms in total. The third-order valence-electron chi connectivity index (χ3n) is 1.64. The molecule has 0 aromatic heterocycles. The van der Waals surface area contributed by atoms with E-state index in [1.807, 2.05) is 0 Å². The number of halogens is 4. The topological polar surface area (TPSA) is 60.4 Å². The largest absolute Gasteiger partial charge is 0.547 e. The lowest BCUT2D eigenvalue weighted by atomic mass is 10.1. The van der Waals surface area contributed by atoms with E-state index in [4.69, 9.17) is 5.11 Å². The molecule has 0 spiro atoms. The second-order valence-corrected chi connectivity index (χ2v) is 2.60. The van der Waals surface area contributed by atoms with Gasteiger partial charge in [0.2, 0.25) is 0 Å². The minimum Gasteiger partial charge on any atom is -0.547 e. The van der Waals surface area contributed by atoms with Gasteiger partial charge in [-0.1, -0.05) is 0 Å². The van der Waals surface area contributed by atoms with Crippen molar-refractivity contribution in [2.24, 2.45) is 0 Å². The Morgan fingerprint density at radius 2 is 1.60 bits per heavy atom. The number of hydrogen-bond donors (Lipinski definition) is 1. The number of hydrogen-bond acceptors (Lipinski definition) is 3. The fourth-order valence-electron chi connectivity index (χ4n) is 0.950. The molecule has 15 heavy (non-hydrogen) atoms. The molecule has 0 saturated carbocycles. The van der Waals surface area contributed by atoms with Crippen LogP contribution in [0.5, 0.6) is 0 Å². The third kappa shape index (κ3) is 1.91. The van der Waals surface area contributed by atoms with Crippen LogP contribution in [0.2, 0.25) is 0 Å². The number of carbonyl (C=O) groups is 1. The van der Waals surface area contributed by atoms with Crippen molar-refractivity contribution in [3.8, 4) is 0 Å². The van der Waals surface area contributed by atoms with E-state index in [0.29, 0.717) is 0 Å². The highest BCUT2D eigenvalue weighted by Crippen LogP contribution is 2.24. The van der Waals surface area contributed by atoms with Crippen LogP contribution >= 0.6 is 0 Å². The highest BCUT2D eigenvalue weighted by Gasteiger charge is 2.25. The molecule has 1 rings (SSSR count). The molecule has 0 aliphatic carbocycles. The van der Waals surface area contributed by atoms with Gasteiger partial charge >= 0.3 is 0 Å². The number of aliphatic hydroxyl groups excluding tert-OH is 1. The van der Waals surface area contributed by atoms with Gasteiger partial charge in [0.05, 0.1) is 11.5 Å². The van der Waals surface area contributed by atoms with Crippen molar-refractivity contribution >= 4 is 5.97 Å². The van der Waals surface area contributed by atoms with Crippen LogP contribution in [0.4, 0.5) is 17.6 Å². The molecule has 0 radical (unpaired) electrons. The number of aliphatic carboxylic acids is 1. The standard InChI is InChI=1S/C8H4F4O3/c9-2-1-3(10)6(12)4(5(2)11)7(13)8(14)15/h1,7,13H,(H,14,15)/p-1/t7-/m0/s1. The normalized spacial score (nSPS) is 12.6. The summed E-state index contributed by atoms with van der Waals surface area (Å²) in [6, 6.07) is -0.101. The third-order valence-corrected chi connectivity index (χ3v) is 1.64. The molecule has 0 aliphatic heterocycles. The minimum absolute atomic E-state index is 0.101. The van der Waals surface area contributed by atoms with Crippen LogP contribution in [0, 0.1) is 23.3 Å². The predicted molar refractivity (Wildman–Crippen MR) is 36.2 cm³/mol. The second-order valence-electron chi connectivity index (χ2n) is 2.60. The zero-order valence-corrected chi connectivity index (χ0v) is 6.93. The van der Waals surface area contributed by atoms with Gasteiger partial charge in [-0.15, -0.1) is 0 Å². The van der Waals surface area contributed by atoms with Gasteiger partial charge in [-0.05, 0) is 0 Å². The summed E-state index contributed by atoms with van der Waals surface area (Å²) in [4.78, 5) is 10.1. The Labute approximate surface area is 80.6 Å². The smallest absolute Gasteiger partial charge is 0.168 e. The van der Waals surface area contributed by atoms with Crippen LogP contribution in [0.3, 0.4) is 0 Å². The van der Waals surface area contributed by atoms with Gasteiger partial charge in [-0.2, -0.15) is 0 Å². The predicted octanol–water partition coefficient (Wildman–Crippen LogP) is 0.0263. The number of carbonyl (C=O) groups excluding carboxylic acids is 1. The van der Waals surface area contributed by atoms with E-state index in [0.717, 1.165) is 0 Å². The molecule has 1 aromatic carbocycles.